The van der Waals surface area contributed by atoms with Gasteiger partial charge in [0.25, 0.3) is 0 Å². The lowest BCUT2D eigenvalue weighted by molar-refractivity contribution is 0.140. The minimum absolute atomic E-state index is 0.239. The lowest BCUT2D eigenvalue weighted by atomic mass is 9.74. The Kier molecular flexibility index (Phi) is 2.56. The van der Waals surface area contributed by atoms with Gasteiger partial charge in [-0.05, 0) is 56.1 Å². The third-order valence-electron chi connectivity index (χ3n) is 4.06. The van der Waals surface area contributed by atoms with E-state index in [1.165, 1.54) is 24.8 Å². The van der Waals surface area contributed by atoms with Gasteiger partial charge in [0.2, 0.25) is 0 Å². The number of aromatic amines is 1. The molecule has 0 saturated heterocycles. The van der Waals surface area contributed by atoms with Crippen LogP contribution in [0.3, 0.4) is 0 Å². The molecule has 4 heteroatoms. The number of imidazole rings is 1. The smallest absolute Gasteiger partial charge is 0.178 e. The molecule has 0 amide bonds. The molecule has 1 heterocycles. The first-order chi connectivity index (χ1) is 8.16. The van der Waals surface area contributed by atoms with Crippen LogP contribution in [0.4, 0.5) is 0 Å². The van der Waals surface area contributed by atoms with Gasteiger partial charge in [-0.2, -0.15) is 0 Å². The van der Waals surface area contributed by atoms with Crippen LogP contribution >= 0.6 is 23.8 Å². The number of nitrogens with zero attached hydrogens (tertiary/aromatic N) is 1. The number of hydrogen-bond donors (Lipinski definition) is 1. The second-order valence-electron chi connectivity index (χ2n) is 4.86. The number of H-pyrrole nitrogens is 1. The fraction of sp³-hybridized carbons (Fsp3) is 0.462. The maximum Gasteiger partial charge on any atom is 0.178 e. The first-order valence-electron chi connectivity index (χ1n) is 6.07. The molecule has 1 N–H and O–H groups in total. The number of rotatable bonds is 2. The number of hydrogen-bond acceptors (Lipinski definition) is 1. The van der Waals surface area contributed by atoms with Gasteiger partial charge in [-0.3, -0.25) is 0 Å². The predicted molar refractivity (Wildman–Crippen MR) is 74.2 cm³/mol. The van der Waals surface area contributed by atoms with E-state index >= 15 is 0 Å². The SMILES string of the molecule is CCC1(n2c(=S)[nH]c3cc(Cl)ccc32)CCC1. The Hall–Kier alpha value is -0.800. The molecule has 2 aromatic rings. The fourth-order valence-corrected chi connectivity index (χ4v) is 3.45. The minimum Gasteiger partial charge on any atom is -0.331 e. The van der Waals surface area contributed by atoms with E-state index in [9.17, 15) is 0 Å². The Morgan fingerprint density at radius 2 is 2.24 bits per heavy atom. The number of benzene rings is 1. The van der Waals surface area contributed by atoms with E-state index in [0.29, 0.717) is 0 Å². The van der Waals surface area contributed by atoms with Gasteiger partial charge < -0.3 is 9.55 Å². The summed E-state index contributed by atoms with van der Waals surface area (Å²) in [5.74, 6) is 0. The van der Waals surface area contributed by atoms with Crippen LogP contribution in [0.1, 0.15) is 32.6 Å². The van der Waals surface area contributed by atoms with E-state index in [1.54, 1.807) is 0 Å². The summed E-state index contributed by atoms with van der Waals surface area (Å²) in [7, 11) is 0. The molecular weight excluding hydrogens is 252 g/mol. The molecule has 17 heavy (non-hydrogen) atoms. The van der Waals surface area contributed by atoms with Crippen LogP contribution < -0.4 is 0 Å². The highest BCUT2D eigenvalue weighted by Gasteiger charge is 2.38. The van der Waals surface area contributed by atoms with Crippen molar-refractivity contribution in [3.05, 3.63) is 28.0 Å². The van der Waals surface area contributed by atoms with Crippen LogP contribution in [0.25, 0.3) is 11.0 Å². The normalized spacial score (nSPS) is 18.2. The molecule has 0 aliphatic heterocycles. The highest BCUT2D eigenvalue weighted by atomic mass is 35.5. The van der Waals surface area contributed by atoms with Crippen molar-refractivity contribution in [1.29, 1.82) is 0 Å². The second-order valence-corrected chi connectivity index (χ2v) is 5.68. The summed E-state index contributed by atoms with van der Waals surface area (Å²) in [4.78, 5) is 3.27. The van der Waals surface area contributed by atoms with Gasteiger partial charge in [0.1, 0.15) is 0 Å². The summed E-state index contributed by atoms with van der Waals surface area (Å²) in [6.45, 7) is 2.25. The Balaban J connectivity index is 2.29. The molecule has 1 aliphatic rings. The summed E-state index contributed by atoms with van der Waals surface area (Å²) >= 11 is 11.5. The summed E-state index contributed by atoms with van der Waals surface area (Å²) < 4.78 is 3.13. The quantitative estimate of drug-likeness (QED) is 0.785. The molecule has 90 valence electrons. The van der Waals surface area contributed by atoms with E-state index in [-0.39, 0.29) is 5.54 Å². The van der Waals surface area contributed by atoms with Crippen molar-refractivity contribution >= 4 is 34.9 Å². The highest BCUT2D eigenvalue weighted by Crippen LogP contribution is 2.44. The summed E-state index contributed by atoms with van der Waals surface area (Å²) in [6.07, 6.45) is 4.90. The maximum atomic E-state index is 6.01. The van der Waals surface area contributed by atoms with Gasteiger partial charge in [-0.25, -0.2) is 0 Å². The zero-order valence-electron chi connectivity index (χ0n) is 9.79. The van der Waals surface area contributed by atoms with Gasteiger partial charge in [0, 0.05) is 10.6 Å². The Morgan fingerprint density at radius 1 is 1.47 bits per heavy atom. The van der Waals surface area contributed by atoms with E-state index in [2.05, 4.69) is 22.5 Å². The lowest BCUT2D eigenvalue weighted by Gasteiger charge is -2.43. The maximum absolute atomic E-state index is 6.01. The van der Waals surface area contributed by atoms with E-state index in [1.807, 2.05) is 12.1 Å². The zero-order valence-corrected chi connectivity index (χ0v) is 11.4. The summed E-state index contributed by atoms with van der Waals surface area (Å²) in [5.41, 5.74) is 2.46. The van der Waals surface area contributed by atoms with Gasteiger partial charge in [-0.1, -0.05) is 18.5 Å². The Labute approximate surface area is 111 Å². The van der Waals surface area contributed by atoms with Crippen LogP contribution in [0.2, 0.25) is 5.02 Å². The third kappa shape index (κ3) is 1.56. The van der Waals surface area contributed by atoms with Crippen molar-refractivity contribution in [3.8, 4) is 0 Å². The van der Waals surface area contributed by atoms with E-state index in [4.69, 9.17) is 23.8 Å². The Bertz CT molecular complexity index is 616. The Morgan fingerprint density at radius 3 is 2.82 bits per heavy atom. The molecule has 0 bridgehead atoms. The largest absolute Gasteiger partial charge is 0.331 e. The summed E-state index contributed by atoms with van der Waals surface area (Å²) in [6, 6.07) is 5.95. The van der Waals surface area contributed by atoms with E-state index < -0.39 is 0 Å². The van der Waals surface area contributed by atoms with Crippen LogP contribution in [-0.2, 0) is 5.54 Å². The lowest BCUT2D eigenvalue weighted by Crippen LogP contribution is -2.39. The van der Waals surface area contributed by atoms with Gasteiger partial charge in [0.05, 0.1) is 11.0 Å². The standard InChI is InChI=1S/C13H15ClN2S/c1-2-13(6-3-7-13)16-11-5-4-9(14)8-10(11)15-12(16)17/h4-5,8H,2-3,6-7H2,1H3,(H,15,17). The van der Waals surface area contributed by atoms with Crippen molar-refractivity contribution < 1.29 is 0 Å². The van der Waals surface area contributed by atoms with Crippen molar-refractivity contribution in [3.63, 3.8) is 0 Å². The van der Waals surface area contributed by atoms with Crippen molar-refractivity contribution in [1.82, 2.24) is 9.55 Å². The topological polar surface area (TPSA) is 20.7 Å². The molecule has 0 spiro atoms. The van der Waals surface area contributed by atoms with Crippen molar-refractivity contribution in [2.75, 3.05) is 0 Å². The van der Waals surface area contributed by atoms with Crippen molar-refractivity contribution in [2.45, 2.75) is 38.1 Å². The minimum atomic E-state index is 0.239. The molecule has 2 nitrogen and oxygen atoms in total. The number of aromatic nitrogens is 2. The monoisotopic (exact) mass is 266 g/mol. The average Bonchev–Trinajstić information content (AvgIpc) is 2.55. The molecule has 0 unspecified atom stereocenters. The number of halogens is 1. The molecule has 3 rings (SSSR count). The van der Waals surface area contributed by atoms with E-state index in [0.717, 1.165) is 21.7 Å². The molecule has 1 fully saturated rings. The molecule has 0 radical (unpaired) electrons. The molecule has 0 atom stereocenters. The molecule has 1 aromatic heterocycles. The van der Waals surface area contributed by atoms with Gasteiger partial charge in [-0.15, -0.1) is 0 Å². The highest BCUT2D eigenvalue weighted by molar-refractivity contribution is 7.71. The predicted octanol–water partition coefficient (Wildman–Crippen LogP) is 4.64. The molecular formula is C13H15ClN2S. The third-order valence-corrected chi connectivity index (χ3v) is 4.58. The van der Waals surface area contributed by atoms with Gasteiger partial charge in [0.15, 0.2) is 4.77 Å². The van der Waals surface area contributed by atoms with Gasteiger partial charge >= 0.3 is 0 Å². The molecule has 1 aliphatic carbocycles. The molecule has 1 saturated carbocycles. The number of nitrogens with one attached hydrogen (secondary N) is 1. The average molecular weight is 267 g/mol. The van der Waals surface area contributed by atoms with Crippen LogP contribution in [0.5, 0.6) is 0 Å². The summed E-state index contributed by atoms with van der Waals surface area (Å²) in [5, 5.41) is 0.750. The van der Waals surface area contributed by atoms with Crippen LogP contribution in [0, 0.1) is 4.77 Å². The zero-order chi connectivity index (χ0) is 12.0. The fourth-order valence-electron chi connectivity index (χ4n) is 2.87. The number of fused-ring (bicyclic) bond motifs is 1. The van der Waals surface area contributed by atoms with Crippen LogP contribution in [0.15, 0.2) is 18.2 Å². The first-order valence-corrected chi connectivity index (χ1v) is 6.86. The van der Waals surface area contributed by atoms with Crippen molar-refractivity contribution in [2.24, 2.45) is 0 Å². The van der Waals surface area contributed by atoms with Crippen LogP contribution in [-0.4, -0.2) is 9.55 Å². The molecule has 1 aromatic carbocycles. The first kappa shape index (κ1) is 11.3. The second kappa shape index (κ2) is 3.85.